The molecule has 5 nitrogen and oxygen atoms in total. The number of nitrogens with zero attached hydrogens (tertiary/aromatic N) is 4. The molecule has 0 bridgehead atoms. The van der Waals surface area contributed by atoms with E-state index in [-0.39, 0.29) is 0 Å². The molecule has 1 aromatic carbocycles. The molecular formula is C13H12N4OS. The number of aryl methyl sites for hydroxylation is 1. The number of hydrogen-bond donors (Lipinski definition) is 0. The molecule has 0 aliphatic rings. The van der Waals surface area contributed by atoms with Crippen LogP contribution >= 0.6 is 11.8 Å². The van der Waals surface area contributed by atoms with Crippen molar-refractivity contribution >= 4 is 22.7 Å². The Hall–Kier alpha value is -2.08. The van der Waals surface area contributed by atoms with Gasteiger partial charge in [-0.15, -0.1) is 0 Å². The highest BCUT2D eigenvalue weighted by molar-refractivity contribution is 7.99. The Morgan fingerprint density at radius 2 is 2.11 bits per heavy atom. The number of hydrogen-bond acceptors (Lipinski definition) is 5. The van der Waals surface area contributed by atoms with Crippen molar-refractivity contribution in [3.8, 4) is 5.75 Å². The summed E-state index contributed by atoms with van der Waals surface area (Å²) in [6.07, 6.45) is 5.25. The third-order valence-corrected chi connectivity index (χ3v) is 3.87. The van der Waals surface area contributed by atoms with Gasteiger partial charge >= 0.3 is 0 Å². The van der Waals surface area contributed by atoms with Crippen LogP contribution in [0.2, 0.25) is 0 Å². The van der Waals surface area contributed by atoms with E-state index in [1.807, 2.05) is 36.0 Å². The number of aromatic nitrogens is 4. The molecule has 2 aromatic heterocycles. The molecule has 2 heterocycles. The fraction of sp³-hybridized carbons (Fsp3) is 0.154. The molecule has 0 spiro atoms. The Morgan fingerprint density at radius 1 is 1.21 bits per heavy atom. The fourth-order valence-electron chi connectivity index (χ4n) is 1.76. The minimum Gasteiger partial charge on any atom is -0.497 e. The quantitative estimate of drug-likeness (QED) is 0.686. The van der Waals surface area contributed by atoms with E-state index in [1.165, 1.54) is 11.8 Å². The maximum atomic E-state index is 5.25. The summed E-state index contributed by atoms with van der Waals surface area (Å²) in [6.45, 7) is 0. The normalized spacial score (nSPS) is 10.8. The molecule has 0 fully saturated rings. The maximum Gasteiger partial charge on any atom is 0.174 e. The molecule has 96 valence electrons. The molecule has 0 aliphatic carbocycles. The molecule has 6 heteroatoms. The van der Waals surface area contributed by atoms with Crippen molar-refractivity contribution in [2.75, 3.05) is 7.11 Å². The van der Waals surface area contributed by atoms with Gasteiger partial charge in [-0.1, -0.05) is 0 Å². The minimum absolute atomic E-state index is 0.795. The second-order valence-corrected chi connectivity index (χ2v) is 4.94. The van der Waals surface area contributed by atoms with Gasteiger partial charge in [0.25, 0.3) is 0 Å². The molecular weight excluding hydrogens is 260 g/mol. The van der Waals surface area contributed by atoms with Crippen LogP contribution < -0.4 is 4.74 Å². The predicted octanol–water partition coefficient (Wildman–Crippen LogP) is 2.52. The van der Waals surface area contributed by atoms with Crippen LogP contribution in [0.4, 0.5) is 0 Å². The lowest BCUT2D eigenvalue weighted by Gasteiger charge is -2.06. The molecule has 0 radical (unpaired) electrons. The summed E-state index contributed by atoms with van der Waals surface area (Å²) in [5, 5.41) is 2.73. The molecule has 0 saturated heterocycles. The number of imidazole rings is 1. The first-order chi connectivity index (χ1) is 9.28. The molecule has 0 N–H and O–H groups in total. The number of ether oxygens (including phenoxy) is 1. The summed E-state index contributed by atoms with van der Waals surface area (Å²) in [7, 11) is 3.61. The van der Waals surface area contributed by atoms with Gasteiger partial charge in [0.15, 0.2) is 5.16 Å². The van der Waals surface area contributed by atoms with Crippen molar-refractivity contribution < 1.29 is 4.74 Å². The Labute approximate surface area is 114 Å². The second kappa shape index (κ2) is 4.89. The van der Waals surface area contributed by atoms with Crippen molar-refractivity contribution in [1.29, 1.82) is 0 Å². The van der Waals surface area contributed by atoms with Gasteiger partial charge in [-0.3, -0.25) is 0 Å². The van der Waals surface area contributed by atoms with Crippen molar-refractivity contribution in [3.05, 3.63) is 36.9 Å². The summed E-state index contributed by atoms with van der Waals surface area (Å²) >= 11 is 1.51. The van der Waals surface area contributed by atoms with Gasteiger partial charge in [0.05, 0.1) is 12.6 Å². The maximum absolute atomic E-state index is 5.25. The van der Waals surface area contributed by atoms with E-state index in [0.29, 0.717) is 0 Å². The van der Waals surface area contributed by atoms with Crippen LogP contribution in [0.3, 0.4) is 0 Å². The van der Waals surface area contributed by atoms with Crippen LogP contribution in [-0.2, 0) is 7.05 Å². The highest BCUT2D eigenvalue weighted by atomic mass is 32.2. The van der Waals surface area contributed by atoms with E-state index < -0.39 is 0 Å². The van der Waals surface area contributed by atoms with Crippen molar-refractivity contribution in [1.82, 2.24) is 19.5 Å². The smallest absolute Gasteiger partial charge is 0.174 e. The van der Waals surface area contributed by atoms with Gasteiger partial charge in [-0.25, -0.2) is 15.0 Å². The van der Waals surface area contributed by atoms with Gasteiger partial charge in [0, 0.05) is 24.8 Å². The SMILES string of the molecule is COc1ccc2ncnc(Sc3nccn3C)c2c1. The van der Waals surface area contributed by atoms with E-state index in [1.54, 1.807) is 19.6 Å². The second-order valence-electron chi connectivity index (χ2n) is 3.98. The lowest BCUT2D eigenvalue weighted by Crippen LogP contribution is -1.92. The number of benzene rings is 1. The van der Waals surface area contributed by atoms with E-state index in [9.17, 15) is 0 Å². The largest absolute Gasteiger partial charge is 0.497 e. The van der Waals surface area contributed by atoms with Gasteiger partial charge in [0.2, 0.25) is 0 Å². The van der Waals surface area contributed by atoms with Crippen molar-refractivity contribution in [2.45, 2.75) is 10.2 Å². The average molecular weight is 272 g/mol. The first kappa shape index (κ1) is 12.0. The summed E-state index contributed by atoms with van der Waals surface area (Å²) in [6, 6.07) is 5.77. The monoisotopic (exact) mass is 272 g/mol. The molecule has 0 atom stereocenters. The van der Waals surface area contributed by atoms with E-state index >= 15 is 0 Å². The van der Waals surface area contributed by atoms with Crippen LogP contribution in [0.25, 0.3) is 10.9 Å². The van der Waals surface area contributed by atoms with Crippen LogP contribution in [-0.4, -0.2) is 26.6 Å². The fourth-order valence-corrected chi connectivity index (χ4v) is 2.62. The van der Waals surface area contributed by atoms with E-state index in [4.69, 9.17) is 4.74 Å². The summed E-state index contributed by atoms with van der Waals surface area (Å²) < 4.78 is 7.21. The third-order valence-electron chi connectivity index (χ3n) is 2.77. The Bertz CT molecular complexity index is 725. The van der Waals surface area contributed by atoms with Crippen LogP contribution in [0.15, 0.2) is 47.1 Å². The van der Waals surface area contributed by atoms with Gasteiger partial charge in [-0.2, -0.15) is 0 Å². The molecule has 3 rings (SSSR count). The molecule has 3 aromatic rings. The summed E-state index contributed by atoms with van der Waals surface area (Å²) in [5.74, 6) is 0.795. The third kappa shape index (κ3) is 2.26. The standard InChI is InChI=1S/C13H12N4OS/c1-17-6-5-14-13(17)19-12-10-7-9(18-2)3-4-11(10)15-8-16-12/h3-8H,1-2H3. The first-order valence-corrected chi connectivity index (χ1v) is 6.53. The minimum atomic E-state index is 0.795. The van der Waals surface area contributed by atoms with Gasteiger partial charge in [-0.05, 0) is 30.0 Å². The zero-order chi connectivity index (χ0) is 13.2. The van der Waals surface area contributed by atoms with E-state index in [0.717, 1.165) is 26.8 Å². The molecule has 0 aliphatic heterocycles. The Morgan fingerprint density at radius 3 is 2.84 bits per heavy atom. The van der Waals surface area contributed by atoms with Crippen molar-refractivity contribution in [2.24, 2.45) is 7.05 Å². The number of methoxy groups -OCH3 is 1. The summed E-state index contributed by atoms with van der Waals surface area (Å²) in [5.41, 5.74) is 0.896. The van der Waals surface area contributed by atoms with Crippen LogP contribution in [0.5, 0.6) is 5.75 Å². The topological polar surface area (TPSA) is 52.8 Å². The summed E-state index contributed by atoms with van der Waals surface area (Å²) in [4.78, 5) is 12.9. The van der Waals surface area contributed by atoms with Crippen molar-refractivity contribution in [3.63, 3.8) is 0 Å². The Kier molecular flexibility index (Phi) is 3.08. The predicted molar refractivity (Wildman–Crippen MR) is 73.4 cm³/mol. The molecule has 0 amide bonds. The highest BCUT2D eigenvalue weighted by Crippen LogP contribution is 2.31. The van der Waals surface area contributed by atoms with Gasteiger partial charge < -0.3 is 9.30 Å². The van der Waals surface area contributed by atoms with Crippen LogP contribution in [0, 0.1) is 0 Å². The molecule has 0 saturated carbocycles. The lowest BCUT2D eigenvalue weighted by molar-refractivity contribution is 0.415. The van der Waals surface area contributed by atoms with Crippen LogP contribution in [0.1, 0.15) is 0 Å². The lowest BCUT2D eigenvalue weighted by atomic mass is 10.2. The van der Waals surface area contributed by atoms with Gasteiger partial charge in [0.1, 0.15) is 17.1 Å². The molecule has 19 heavy (non-hydrogen) atoms. The highest BCUT2D eigenvalue weighted by Gasteiger charge is 2.09. The Balaban J connectivity index is 2.10. The average Bonchev–Trinajstić information content (AvgIpc) is 2.84. The first-order valence-electron chi connectivity index (χ1n) is 5.72. The van der Waals surface area contributed by atoms with E-state index in [2.05, 4.69) is 15.0 Å². The molecule has 0 unspecified atom stereocenters. The zero-order valence-corrected chi connectivity index (χ0v) is 11.4. The number of rotatable bonds is 3. The zero-order valence-electron chi connectivity index (χ0n) is 10.6. The number of fused-ring (bicyclic) bond motifs is 1.